The molecule has 0 spiro atoms. The van der Waals surface area contributed by atoms with Crippen LogP contribution in [0, 0.1) is 0 Å². The summed E-state index contributed by atoms with van der Waals surface area (Å²) in [6, 6.07) is 19.9. The highest BCUT2D eigenvalue weighted by Crippen LogP contribution is 2.31. The average molecular weight is 399 g/mol. The summed E-state index contributed by atoms with van der Waals surface area (Å²) in [5.41, 5.74) is 2.10. The molecule has 1 aromatic heterocycles. The van der Waals surface area contributed by atoms with Gasteiger partial charge in [-0.1, -0.05) is 71.6 Å². The number of para-hydroxylation sites is 1. The van der Waals surface area contributed by atoms with Crippen molar-refractivity contribution in [3.63, 3.8) is 0 Å². The van der Waals surface area contributed by atoms with Crippen LogP contribution in [0.15, 0.2) is 65.0 Å². The van der Waals surface area contributed by atoms with Crippen molar-refractivity contribution in [1.82, 2.24) is 15.1 Å². The van der Waals surface area contributed by atoms with E-state index < -0.39 is 0 Å². The van der Waals surface area contributed by atoms with Gasteiger partial charge < -0.3 is 10.2 Å². The maximum absolute atomic E-state index is 12.8. The largest absolute Gasteiger partial charge is 0.338 e. The molecule has 0 aliphatic heterocycles. The van der Waals surface area contributed by atoms with Gasteiger partial charge in [0.15, 0.2) is 4.34 Å². The van der Waals surface area contributed by atoms with Crippen molar-refractivity contribution in [2.75, 3.05) is 11.9 Å². The molecule has 140 valence electrons. The van der Waals surface area contributed by atoms with E-state index in [-0.39, 0.29) is 11.2 Å². The minimum Gasteiger partial charge on any atom is -0.338 e. The Balaban J connectivity index is 1.59. The van der Waals surface area contributed by atoms with Gasteiger partial charge in [-0.15, -0.1) is 10.2 Å². The van der Waals surface area contributed by atoms with Gasteiger partial charge in [0.2, 0.25) is 11.0 Å². The van der Waals surface area contributed by atoms with Gasteiger partial charge >= 0.3 is 0 Å². The number of nitrogens with zero attached hydrogens (tertiary/aromatic N) is 3. The maximum atomic E-state index is 12.8. The zero-order valence-electron chi connectivity index (χ0n) is 15.3. The molecule has 0 aliphatic carbocycles. The van der Waals surface area contributed by atoms with Crippen molar-refractivity contribution in [3.05, 3.63) is 66.2 Å². The van der Waals surface area contributed by atoms with Crippen LogP contribution in [0.3, 0.4) is 0 Å². The number of carbonyl (C=O) groups is 1. The second-order valence-electron chi connectivity index (χ2n) is 5.96. The van der Waals surface area contributed by atoms with Gasteiger partial charge in [0.25, 0.3) is 0 Å². The number of carbonyl (C=O) groups excluding carboxylic acids is 1. The Morgan fingerprint density at radius 3 is 2.44 bits per heavy atom. The topological polar surface area (TPSA) is 58.1 Å². The summed E-state index contributed by atoms with van der Waals surface area (Å²) in [7, 11) is 0. The summed E-state index contributed by atoms with van der Waals surface area (Å²) in [4.78, 5) is 14.7. The summed E-state index contributed by atoms with van der Waals surface area (Å²) >= 11 is 2.91. The third-order valence-corrected chi connectivity index (χ3v) is 5.98. The van der Waals surface area contributed by atoms with Crippen LogP contribution < -0.4 is 5.32 Å². The van der Waals surface area contributed by atoms with Gasteiger partial charge in [-0.25, -0.2) is 0 Å². The molecular formula is C20H22N4OS2. The van der Waals surface area contributed by atoms with E-state index in [0.29, 0.717) is 13.1 Å². The van der Waals surface area contributed by atoms with Crippen LogP contribution in [0.1, 0.15) is 19.4 Å². The third-order valence-electron chi connectivity index (χ3n) is 3.97. The van der Waals surface area contributed by atoms with Crippen LogP contribution in [0.5, 0.6) is 0 Å². The number of thioether (sulfide) groups is 1. The van der Waals surface area contributed by atoms with Crippen LogP contribution in [-0.4, -0.2) is 32.8 Å². The number of nitrogens with one attached hydrogen (secondary N) is 1. The minimum atomic E-state index is -0.216. The van der Waals surface area contributed by atoms with Crippen molar-refractivity contribution in [2.24, 2.45) is 0 Å². The summed E-state index contributed by atoms with van der Waals surface area (Å²) in [6.45, 7) is 5.23. The van der Waals surface area contributed by atoms with Crippen LogP contribution in [0.4, 0.5) is 10.8 Å². The number of amides is 1. The van der Waals surface area contributed by atoms with Crippen LogP contribution >= 0.6 is 23.1 Å². The van der Waals surface area contributed by atoms with E-state index in [2.05, 4.69) is 15.5 Å². The number of hydrogen-bond donors (Lipinski definition) is 1. The molecule has 27 heavy (non-hydrogen) atoms. The van der Waals surface area contributed by atoms with Crippen molar-refractivity contribution >= 4 is 39.8 Å². The summed E-state index contributed by atoms with van der Waals surface area (Å²) in [6.07, 6.45) is 0. The van der Waals surface area contributed by atoms with Crippen LogP contribution in [0.25, 0.3) is 0 Å². The van der Waals surface area contributed by atoms with Gasteiger partial charge in [0.1, 0.15) is 0 Å². The lowest BCUT2D eigenvalue weighted by atomic mass is 10.2. The normalized spacial score (nSPS) is 11.8. The first-order valence-electron chi connectivity index (χ1n) is 8.80. The number of aromatic nitrogens is 2. The smallest absolute Gasteiger partial charge is 0.236 e. The predicted molar refractivity (Wildman–Crippen MR) is 112 cm³/mol. The molecule has 0 saturated heterocycles. The van der Waals surface area contributed by atoms with Crippen molar-refractivity contribution < 1.29 is 4.79 Å². The second-order valence-corrected chi connectivity index (χ2v) is 8.53. The van der Waals surface area contributed by atoms with E-state index in [9.17, 15) is 4.79 Å². The SMILES string of the molecule is CCN(Cc1ccccc1)C(=O)C(C)Sc1nnc(Nc2ccccc2)s1. The number of anilines is 2. The van der Waals surface area contributed by atoms with E-state index in [4.69, 9.17) is 0 Å². The molecular weight excluding hydrogens is 376 g/mol. The molecule has 1 amide bonds. The Labute approximate surface area is 167 Å². The standard InChI is InChI=1S/C20H22N4OS2/c1-3-24(14-16-10-6-4-7-11-16)18(25)15(2)26-20-23-22-19(27-20)21-17-12-8-5-9-13-17/h4-13,15H,3,14H2,1-2H3,(H,21,22). The lowest BCUT2D eigenvalue weighted by Gasteiger charge is -2.23. The molecule has 1 N–H and O–H groups in total. The van der Waals surface area contributed by atoms with Gasteiger partial charge in [-0.3, -0.25) is 4.79 Å². The first-order valence-corrected chi connectivity index (χ1v) is 10.5. The molecule has 1 heterocycles. The van der Waals surface area contributed by atoms with Crippen LogP contribution in [-0.2, 0) is 11.3 Å². The Morgan fingerprint density at radius 2 is 1.78 bits per heavy atom. The molecule has 3 aromatic rings. The first-order chi connectivity index (χ1) is 13.2. The van der Waals surface area contributed by atoms with Crippen molar-refractivity contribution in [2.45, 2.75) is 30.0 Å². The highest BCUT2D eigenvalue weighted by Gasteiger charge is 2.22. The molecule has 0 aliphatic rings. The maximum Gasteiger partial charge on any atom is 0.236 e. The summed E-state index contributed by atoms with van der Waals surface area (Å²) in [5.74, 6) is 0.110. The van der Waals surface area contributed by atoms with E-state index in [1.165, 1.54) is 23.1 Å². The highest BCUT2D eigenvalue weighted by atomic mass is 32.2. The van der Waals surface area contributed by atoms with E-state index in [1.807, 2.05) is 79.4 Å². The Morgan fingerprint density at radius 1 is 1.11 bits per heavy atom. The number of benzene rings is 2. The molecule has 0 fully saturated rings. The highest BCUT2D eigenvalue weighted by molar-refractivity contribution is 8.02. The first kappa shape index (κ1) is 19.4. The van der Waals surface area contributed by atoms with Gasteiger partial charge in [-0.05, 0) is 31.5 Å². The fraction of sp³-hybridized carbons (Fsp3) is 0.250. The lowest BCUT2D eigenvalue weighted by Crippen LogP contribution is -2.35. The van der Waals surface area contributed by atoms with Gasteiger partial charge in [-0.2, -0.15) is 0 Å². The zero-order chi connectivity index (χ0) is 19.1. The number of rotatable bonds is 8. The van der Waals surface area contributed by atoms with E-state index >= 15 is 0 Å². The molecule has 2 aromatic carbocycles. The Kier molecular flexibility index (Phi) is 6.84. The number of hydrogen-bond acceptors (Lipinski definition) is 6. The fourth-order valence-corrected chi connectivity index (χ4v) is 4.56. The summed E-state index contributed by atoms with van der Waals surface area (Å²) < 4.78 is 0.782. The van der Waals surface area contributed by atoms with E-state index in [0.717, 1.165) is 20.7 Å². The fourth-order valence-electron chi connectivity index (χ4n) is 2.56. The predicted octanol–water partition coefficient (Wildman–Crippen LogP) is 4.81. The lowest BCUT2D eigenvalue weighted by molar-refractivity contribution is -0.130. The molecule has 1 atom stereocenters. The minimum absolute atomic E-state index is 0.110. The van der Waals surface area contributed by atoms with Crippen molar-refractivity contribution in [1.29, 1.82) is 0 Å². The van der Waals surface area contributed by atoms with E-state index in [1.54, 1.807) is 0 Å². The van der Waals surface area contributed by atoms with Gasteiger partial charge in [0.05, 0.1) is 5.25 Å². The molecule has 0 saturated carbocycles. The molecule has 0 radical (unpaired) electrons. The summed E-state index contributed by atoms with van der Waals surface area (Å²) in [5, 5.41) is 12.1. The Bertz CT molecular complexity index is 855. The van der Waals surface area contributed by atoms with Gasteiger partial charge in [0, 0.05) is 18.8 Å². The monoisotopic (exact) mass is 398 g/mol. The van der Waals surface area contributed by atoms with Crippen LogP contribution in [0.2, 0.25) is 0 Å². The third kappa shape index (κ3) is 5.55. The Hall–Kier alpha value is -2.38. The molecule has 7 heteroatoms. The molecule has 5 nitrogen and oxygen atoms in total. The average Bonchev–Trinajstić information content (AvgIpc) is 3.13. The van der Waals surface area contributed by atoms with Crippen molar-refractivity contribution in [3.8, 4) is 0 Å². The quantitative estimate of drug-likeness (QED) is 0.552. The second kappa shape index (κ2) is 9.53. The zero-order valence-corrected chi connectivity index (χ0v) is 17.0. The molecule has 0 bridgehead atoms. The molecule has 1 unspecified atom stereocenters. The molecule has 3 rings (SSSR count).